The van der Waals surface area contributed by atoms with Crippen molar-refractivity contribution in [2.75, 3.05) is 18.2 Å². The summed E-state index contributed by atoms with van der Waals surface area (Å²) in [6.07, 6.45) is -4.64. The maximum Gasteiger partial charge on any atom is 0.451 e. The zero-order valence-electron chi connectivity index (χ0n) is 14.3. The number of aryl methyl sites for hydroxylation is 1. The molecule has 0 unspecified atom stereocenters. The first-order valence-electron chi connectivity index (χ1n) is 7.26. The molecule has 1 amide bonds. The van der Waals surface area contributed by atoms with Gasteiger partial charge in [0.1, 0.15) is 0 Å². The van der Waals surface area contributed by atoms with Crippen LogP contribution < -0.4 is 10.1 Å². The van der Waals surface area contributed by atoms with Gasteiger partial charge in [0.05, 0.1) is 17.8 Å². The number of hydrogen-bond donors (Lipinski definition) is 1. The maximum absolute atomic E-state index is 12.7. The molecule has 27 heavy (non-hydrogen) atoms. The highest BCUT2D eigenvalue weighted by Gasteiger charge is 2.37. The zero-order chi connectivity index (χ0) is 20.4. The van der Waals surface area contributed by atoms with E-state index in [2.05, 4.69) is 15.5 Å². The van der Waals surface area contributed by atoms with Crippen molar-refractivity contribution in [2.24, 2.45) is 7.05 Å². The van der Waals surface area contributed by atoms with E-state index in [0.717, 1.165) is 23.4 Å². The van der Waals surface area contributed by atoms with Crippen molar-refractivity contribution in [1.29, 1.82) is 0 Å². The lowest BCUT2D eigenvalue weighted by Gasteiger charge is -2.11. The van der Waals surface area contributed by atoms with Gasteiger partial charge in [0.15, 0.2) is 10.9 Å². The molecular formula is C14H14F3N5O4S. The summed E-state index contributed by atoms with van der Waals surface area (Å²) in [4.78, 5) is 22.4. The van der Waals surface area contributed by atoms with Gasteiger partial charge in [-0.15, -0.1) is 10.2 Å². The fourth-order valence-corrected chi connectivity index (χ4v) is 2.83. The number of ether oxygens (including phenoxy) is 1. The Labute approximate surface area is 155 Å². The van der Waals surface area contributed by atoms with Crippen molar-refractivity contribution in [1.82, 2.24) is 14.8 Å². The van der Waals surface area contributed by atoms with E-state index < -0.39 is 22.8 Å². The van der Waals surface area contributed by atoms with Crippen LogP contribution in [0.15, 0.2) is 17.3 Å². The second-order valence-corrected chi connectivity index (χ2v) is 6.24. The highest BCUT2D eigenvalue weighted by atomic mass is 32.2. The molecule has 1 aromatic carbocycles. The summed E-state index contributed by atoms with van der Waals surface area (Å²) in [5.41, 5.74) is 0.469. The predicted octanol–water partition coefficient (Wildman–Crippen LogP) is 2.79. The topological polar surface area (TPSA) is 112 Å². The molecule has 0 fully saturated rings. The normalized spacial score (nSPS) is 11.3. The lowest BCUT2D eigenvalue weighted by Crippen LogP contribution is -2.16. The number of alkyl halides is 3. The molecule has 0 aliphatic carbocycles. The highest BCUT2D eigenvalue weighted by molar-refractivity contribution is 7.99. The van der Waals surface area contributed by atoms with Gasteiger partial charge in [0.2, 0.25) is 11.7 Å². The number of halogens is 3. The van der Waals surface area contributed by atoms with E-state index in [9.17, 15) is 28.1 Å². The van der Waals surface area contributed by atoms with Crippen LogP contribution in [0.1, 0.15) is 11.4 Å². The van der Waals surface area contributed by atoms with Gasteiger partial charge in [-0.3, -0.25) is 14.9 Å². The Kier molecular flexibility index (Phi) is 5.93. The number of carbonyl (C=O) groups excluding carboxylic acids is 1. The zero-order valence-corrected chi connectivity index (χ0v) is 15.1. The van der Waals surface area contributed by atoms with Gasteiger partial charge in [-0.2, -0.15) is 13.2 Å². The first kappa shape index (κ1) is 20.5. The molecule has 146 valence electrons. The largest absolute Gasteiger partial charge is 0.490 e. The fraction of sp³-hybridized carbons (Fsp3) is 0.357. The fourth-order valence-electron chi connectivity index (χ4n) is 2.12. The maximum atomic E-state index is 12.7. The lowest BCUT2D eigenvalue weighted by molar-refractivity contribution is -0.385. The van der Waals surface area contributed by atoms with E-state index >= 15 is 0 Å². The van der Waals surface area contributed by atoms with Crippen molar-refractivity contribution in [3.8, 4) is 5.75 Å². The monoisotopic (exact) mass is 405 g/mol. The quantitative estimate of drug-likeness (QED) is 0.447. The Morgan fingerprint density at radius 1 is 1.41 bits per heavy atom. The van der Waals surface area contributed by atoms with Crippen molar-refractivity contribution in [2.45, 2.75) is 18.3 Å². The van der Waals surface area contributed by atoms with Crippen LogP contribution in [0.2, 0.25) is 0 Å². The Morgan fingerprint density at radius 2 is 2.07 bits per heavy atom. The molecule has 0 bridgehead atoms. The molecule has 1 heterocycles. The summed E-state index contributed by atoms with van der Waals surface area (Å²) in [6.45, 7) is 1.56. The summed E-state index contributed by atoms with van der Waals surface area (Å²) in [5, 5.41) is 19.9. The van der Waals surface area contributed by atoms with Gasteiger partial charge in [-0.25, -0.2) is 0 Å². The molecule has 1 aromatic heterocycles. The highest BCUT2D eigenvalue weighted by Crippen LogP contribution is 2.33. The van der Waals surface area contributed by atoms with Crippen LogP contribution >= 0.6 is 11.8 Å². The summed E-state index contributed by atoms with van der Waals surface area (Å²) < 4.78 is 43.7. The second kappa shape index (κ2) is 7.82. The number of aromatic nitrogens is 3. The minimum Gasteiger partial charge on any atom is -0.490 e. The molecule has 0 aliphatic heterocycles. The Hall–Kier alpha value is -2.83. The van der Waals surface area contributed by atoms with Crippen molar-refractivity contribution in [3.63, 3.8) is 0 Å². The second-order valence-electron chi connectivity index (χ2n) is 5.30. The number of hydrogen-bond acceptors (Lipinski definition) is 7. The Bertz CT molecular complexity index is 884. The molecule has 0 saturated carbocycles. The molecule has 2 rings (SSSR count). The number of nitrogens with one attached hydrogen (secondary N) is 1. The molecule has 2 aromatic rings. The van der Waals surface area contributed by atoms with Gasteiger partial charge in [0.25, 0.3) is 0 Å². The molecule has 9 nitrogen and oxygen atoms in total. The van der Waals surface area contributed by atoms with Gasteiger partial charge in [-0.1, -0.05) is 11.8 Å². The first-order chi connectivity index (χ1) is 12.5. The van der Waals surface area contributed by atoms with E-state index in [1.54, 1.807) is 6.92 Å². The molecule has 0 spiro atoms. The Morgan fingerprint density at radius 3 is 2.59 bits per heavy atom. The third kappa shape index (κ3) is 4.67. The Balaban J connectivity index is 2.09. The molecular weight excluding hydrogens is 391 g/mol. The van der Waals surface area contributed by atoms with Gasteiger partial charge in [0, 0.05) is 24.9 Å². The van der Waals surface area contributed by atoms with Crippen LogP contribution in [-0.2, 0) is 18.0 Å². The van der Waals surface area contributed by atoms with Crippen LogP contribution in [0, 0.1) is 17.0 Å². The number of amides is 1. The number of methoxy groups -OCH3 is 1. The molecule has 1 N–H and O–H groups in total. The third-order valence-electron chi connectivity index (χ3n) is 3.42. The van der Waals surface area contributed by atoms with Crippen LogP contribution in [0.3, 0.4) is 0 Å². The average molecular weight is 405 g/mol. The predicted molar refractivity (Wildman–Crippen MR) is 89.7 cm³/mol. The minimum atomic E-state index is -4.64. The van der Waals surface area contributed by atoms with E-state index in [0.29, 0.717) is 5.56 Å². The number of thioether (sulfide) groups is 1. The third-order valence-corrected chi connectivity index (χ3v) is 4.44. The SMILES string of the molecule is COc1cc(NC(=O)CSc2nnc(C(F)(F)F)n2C)c(C)cc1[N+](=O)[O-]. The number of rotatable bonds is 6. The number of nitrogens with zero attached hydrogens (tertiary/aromatic N) is 4. The van der Waals surface area contributed by atoms with Gasteiger partial charge >= 0.3 is 11.9 Å². The summed E-state index contributed by atoms with van der Waals surface area (Å²) in [7, 11) is 2.40. The first-order valence-corrected chi connectivity index (χ1v) is 8.25. The van der Waals surface area contributed by atoms with E-state index in [-0.39, 0.29) is 28.0 Å². The summed E-state index contributed by atoms with van der Waals surface area (Å²) in [6, 6.07) is 2.56. The van der Waals surface area contributed by atoms with Crippen LogP contribution in [0.4, 0.5) is 24.5 Å². The van der Waals surface area contributed by atoms with Crippen LogP contribution in [0.5, 0.6) is 5.75 Å². The van der Waals surface area contributed by atoms with Gasteiger partial charge in [-0.05, 0) is 12.5 Å². The molecule has 0 saturated heterocycles. The van der Waals surface area contributed by atoms with Crippen molar-refractivity contribution < 1.29 is 27.6 Å². The van der Waals surface area contributed by atoms with Gasteiger partial charge < -0.3 is 14.6 Å². The number of benzene rings is 1. The molecule has 13 heteroatoms. The number of nitro groups is 1. The average Bonchev–Trinajstić information content (AvgIpc) is 2.95. The standard InChI is InChI=1S/C14H14F3N5O4S/c1-7-4-9(22(24)25)10(26-3)5-8(7)18-11(23)6-27-13-20-19-12(21(13)2)14(15,16)17/h4-5H,6H2,1-3H3,(H,18,23). The molecule has 0 aliphatic rings. The summed E-state index contributed by atoms with van der Waals surface area (Å²) in [5.74, 6) is -1.96. The smallest absolute Gasteiger partial charge is 0.451 e. The van der Waals surface area contributed by atoms with E-state index in [4.69, 9.17) is 4.74 Å². The molecule has 0 radical (unpaired) electrons. The number of anilines is 1. The van der Waals surface area contributed by atoms with Crippen LogP contribution in [0.25, 0.3) is 0 Å². The van der Waals surface area contributed by atoms with Crippen LogP contribution in [-0.4, -0.2) is 38.5 Å². The lowest BCUT2D eigenvalue weighted by atomic mass is 10.1. The van der Waals surface area contributed by atoms with E-state index in [1.807, 2.05) is 0 Å². The number of nitro benzene ring substituents is 1. The number of carbonyl (C=O) groups is 1. The minimum absolute atomic E-state index is 0.0309. The van der Waals surface area contributed by atoms with Crippen molar-refractivity contribution in [3.05, 3.63) is 33.6 Å². The molecule has 0 atom stereocenters. The van der Waals surface area contributed by atoms with Crippen molar-refractivity contribution >= 4 is 29.0 Å². The van der Waals surface area contributed by atoms with E-state index in [1.165, 1.54) is 19.2 Å². The summed E-state index contributed by atoms with van der Waals surface area (Å²) >= 11 is 0.773.